The van der Waals surface area contributed by atoms with E-state index in [1.54, 1.807) is 6.07 Å². The van der Waals surface area contributed by atoms with Gasteiger partial charge in [-0.3, -0.25) is 4.79 Å². The number of halogens is 2. The first-order valence-corrected chi connectivity index (χ1v) is 8.06. The Morgan fingerprint density at radius 3 is 2.67 bits per heavy atom. The molecule has 1 aromatic carbocycles. The first-order valence-electron chi connectivity index (χ1n) is 7.18. The summed E-state index contributed by atoms with van der Waals surface area (Å²) in [6.07, 6.45) is 4.38. The molecule has 2 aliphatic rings. The van der Waals surface area contributed by atoms with Gasteiger partial charge in [-0.25, -0.2) is 8.78 Å². The number of benzene rings is 1. The summed E-state index contributed by atoms with van der Waals surface area (Å²) in [5, 5.41) is 3.57. The molecular weight excluding hydrogens is 294 g/mol. The Balaban J connectivity index is 1.67. The van der Waals surface area contributed by atoms with Gasteiger partial charge in [0.15, 0.2) is 11.6 Å². The summed E-state index contributed by atoms with van der Waals surface area (Å²) < 4.78 is 26.2. The van der Waals surface area contributed by atoms with Gasteiger partial charge in [-0.1, -0.05) is 0 Å². The normalized spacial score (nSPS) is 28.8. The molecule has 0 aliphatic heterocycles. The Bertz CT molecular complexity index is 565. The molecule has 3 nitrogen and oxygen atoms in total. The van der Waals surface area contributed by atoms with Crippen molar-refractivity contribution in [1.29, 1.82) is 0 Å². The van der Waals surface area contributed by atoms with Crippen LogP contribution in [-0.2, 0) is 4.79 Å². The highest BCUT2D eigenvalue weighted by atomic mass is 32.2. The summed E-state index contributed by atoms with van der Waals surface area (Å²) in [5.41, 5.74) is 4.96. The van der Waals surface area contributed by atoms with Crippen LogP contribution >= 0.6 is 11.8 Å². The number of carbonyl (C=O) groups excluding carboxylic acids is 1. The number of carbonyl (C=O) groups is 1. The Morgan fingerprint density at radius 1 is 1.29 bits per heavy atom. The van der Waals surface area contributed by atoms with E-state index < -0.39 is 17.2 Å². The lowest BCUT2D eigenvalue weighted by atomic mass is 9.96. The van der Waals surface area contributed by atoms with Crippen LogP contribution in [0.5, 0.6) is 0 Å². The molecule has 3 N–H and O–H groups in total. The van der Waals surface area contributed by atoms with Crippen LogP contribution in [0.3, 0.4) is 0 Å². The summed E-state index contributed by atoms with van der Waals surface area (Å²) in [5.74, 6) is -1.98. The molecule has 114 valence electrons. The number of primary amides is 1. The van der Waals surface area contributed by atoms with Gasteiger partial charge in [-0.15, -0.1) is 11.8 Å². The smallest absolute Gasteiger partial charge is 0.237 e. The van der Waals surface area contributed by atoms with E-state index in [9.17, 15) is 13.6 Å². The molecule has 6 heteroatoms. The minimum atomic E-state index is -0.840. The van der Waals surface area contributed by atoms with E-state index in [2.05, 4.69) is 5.32 Å². The van der Waals surface area contributed by atoms with Crippen molar-refractivity contribution in [3.8, 4) is 0 Å². The number of amides is 1. The Kier molecular flexibility index (Phi) is 3.92. The van der Waals surface area contributed by atoms with Crippen LogP contribution in [0.4, 0.5) is 8.78 Å². The first-order chi connectivity index (χ1) is 9.98. The van der Waals surface area contributed by atoms with Crippen molar-refractivity contribution < 1.29 is 13.6 Å². The van der Waals surface area contributed by atoms with Crippen molar-refractivity contribution in [3.63, 3.8) is 0 Å². The van der Waals surface area contributed by atoms with Crippen molar-refractivity contribution in [3.05, 3.63) is 29.8 Å². The Morgan fingerprint density at radius 2 is 2.05 bits per heavy atom. The standard InChI is InChI=1S/C15H18F2N2OS/c16-12-4-3-10(7-13(12)17)21-11-5-6-15(8-11,14(18)20)19-9-1-2-9/h3-4,7,9,11,19H,1-2,5-6,8H2,(H2,18,20). The average molecular weight is 312 g/mol. The molecule has 0 radical (unpaired) electrons. The zero-order valence-electron chi connectivity index (χ0n) is 11.6. The minimum Gasteiger partial charge on any atom is -0.368 e. The quantitative estimate of drug-likeness (QED) is 0.878. The lowest BCUT2D eigenvalue weighted by molar-refractivity contribution is -0.124. The molecule has 2 fully saturated rings. The van der Waals surface area contributed by atoms with Gasteiger partial charge in [0.05, 0.1) is 5.54 Å². The number of hydrogen-bond donors (Lipinski definition) is 2. The second-order valence-electron chi connectivity index (χ2n) is 5.92. The van der Waals surface area contributed by atoms with Crippen LogP contribution in [-0.4, -0.2) is 22.7 Å². The van der Waals surface area contributed by atoms with Gasteiger partial charge in [0.2, 0.25) is 5.91 Å². The maximum absolute atomic E-state index is 13.2. The molecular formula is C15H18F2N2OS. The van der Waals surface area contributed by atoms with Crippen molar-refractivity contribution in [2.75, 3.05) is 0 Å². The average Bonchev–Trinajstić information content (AvgIpc) is 3.14. The molecule has 3 rings (SSSR count). The van der Waals surface area contributed by atoms with E-state index >= 15 is 0 Å². The third-order valence-electron chi connectivity index (χ3n) is 4.19. The highest BCUT2D eigenvalue weighted by Gasteiger charge is 2.46. The van der Waals surface area contributed by atoms with Gasteiger partial charge >= 0.3 is 0 Å². The van der Waals surface area contributed by atoms with Crippen LogP contribution in [0.1, 0.15) is 32.1 Å². The molecule has 21 heavy (non-hydrogen) atoms. The second kappa shape index (κ2) is 5.57. The van der Waals surface area contributed by atoms with E-state index in [1.165, 1.54) is 17.8 Å². The van der Waals surface area contributed by atoms with Crippen LogP contribution < -0.4 is 11.1 Å². The number of thioether (sulfide) groups is 1. The Hall–Kier alpha value is -1.14. The minimum absolute atomic E-state index is 0.189. The number of rotatable bonds is 5. The van der Waals surface area contributed by atoms with Crippen LogP contribution in [0, 0.1) is 11.6 Å². The maximum Gasteiger partial charge on any atom is 0.237 e. The van der Waals surface area contributed by atoms with Crippen molar-refractivity contribution >= 4 is 17.7 Å². The van der Waals surface area contributed by atoms with Crippen molar-refractivity contribution in [2.45, 2.75) is 53.8 Å². The van der Waals surface area contributed by atoms with E-state index in [0.29, 0.717) is 23.8 Å². The highest BCUT2D eigenvalue weighted by molar-refractivity contribution is 8.00. The summed E-state index contributed by atoms with van der Waals surface area (Å²) >= 11 is 1.49. The fourth-order valence-corrected chi connectivity index (χ4v) is 4.19. The molecule has 2 saturated carbocycles. The molecule has 0 bridgehead atoms. The second-order valence-corrected chi connectivity index (χ2v) is 7.30. The maximum atomic E-state index is 13.2. The zero-order chi connectivity index (χ0) is 15.0. The fourth-order valence-electron chi connectivity index (χ4n) is 2.89. The van der Waals surface area contributed by atoms with Crippen molar-refractivity contribution in [2.24, 2.45) is 5.73 Å². The number of hydrogen-bond acceptors (Lipinski definition) is 3. The lowest BCUT2D eigenvalue weighted by Crippen LogP contribution is -2.54. The monoisotopic (exact) mass is 312 g/mol. The SMILES string of the molecule is NC(=O)C1(NC2CC2)CCC(Sc2ccc(F)c(F)c2)C1. The third kappa shape index (κ3) is 3.21. The summed E-state index contributed by atoms with van der Waals surface area (Å²) in [4.78, 5) is 12.5. The van der Waals surface area contributed by atoms with Crippen LogP contribution in [0.25, 0.3) is 0 Å². The third-order valence-corrected chi connectivity index (χ3v) is 5.45. The first kappa shape index (κ1) is 14.8. The predicted octanol–water partition coefficient (Wildman–Crippen LogP) is 2.59. The van der Waals surface area contributed by atoms with Gasteiger partial charge in [0.25, 0.3) is 0 Å². The highest BCUT2D eigenvalue weighted by Crippen LogP contribution is 2.42. The summed E-state index contributed by atoms with van der Waals surface area (Å²) in [7, 11) is 0. The van der Waals surface area contributed by atoms with Crippen LogP contribution in [0.2, 0.25) is 0 Å². The molecule has 2 atom stereocenters. The summed E-state index contributed by atoms with van der Waals surface area (Å²) in [6, 6.07) is 4.32. The molecule has 0 heterocycles. The van der Waals surface area contributed by atoms with Gasteiger partial charge in [0.1, 0.15) is 0 Å². The van der Waals surface area contributed by atoms with Gasteiger partial charge in [-0.2, -0.15) is 0 Å². The van der Waals surface area contributed by atoms with E-state index in [4.69, 9.17) is 5.73 Å². The largest absolute Gasteiger partial charge is 0.368 e. The summed E-state index contributed by atoms with van der Waals surface area (Å²) in [6.45, 7) is 0. The van der Waals surface area contributed by atoms with E-state index in [-0.39, 0.29) is 11.2 Å². The Labute approximate surface area is 126 Å². The van der Waals surface area contributed by atoms with Gasteiger partial charge in [0, 0.05) is 16.2 Å². The molecule has 2 unspecified atom stereocenters. The van der Waals surface area contributed by atoms with Crippen molar-refractivity contribution in [1.82, 2.24) is 5.32 Å². The predicted molar refractivity (Wildman–Crippen MR) is 77.9 cm³/mol. The van der Waals surface area contributed by atoms with Crippen LogP contribution in [0.15, 0.2) is 23.1 Å². The topological polar surface area (TPSA) is 55.1 Å². The van der Waals surface area contributed by atoms with E-state index in [1.807, 2.05) is 0 Å². The molecule has 0 spiro atoms. The van der Waals surface area contributed by atoms with E-state index in [0.717, 1.165) is 25.3 Å². The molecule has 2 aliphatic carbocycles. The van der Waals surface area contributed by atoms with Gasteiger partial charge < -0.3 is 11.1 Å². The zero-order valence-corrected chi connectivity index (χ0v) is 12.4. The molecule has 1 aromatic rings. The fraction of sp³-hybridized carbons (Fsp3) is 0.533. The number of nitrogens with one attached hydrogen (secondary N) is 1. The molecule has 0 saturated heterocycles. The number of nitrogens with two attached hydrogens (primary N) is 1. The molecule has 1 amide bonds. The van der Waals surface area contributed by atoms with Gasteiger partial charge in [-0.05, 0) is 50.3 Å². The lowest BCUT2D eigenvalue weighted by Gasteiger charge is -2.27. The molecule has 0 aromatic heterocycles.